The van der Waals surface area contributed by atoms with Crippen molar-refractivity contribution in [1.29, 1.82) is 5.26 Å². The van der Waals surface area contributed by atoms with Crippen LogP contribution in [0.5, 0.6) is 11.5 Å². The minimum Gasteiger partial charge on any atom is -0.493 e. The number of carboxylic acid groups (broad SMARTS) is 1. The Morgan fingerprint density at radius 2 is 2.14 bits per heavy atom. The van der Waals surface area contributed by atoms with Gasteiger partial charge in [0.2, 0.25) is 0 Å². The first-order valence-corrected chi connectivity index (χ1v) is 6.35. The minimum absolute atomic E-state index is 0.0446. The van der Waals surface area contributed by atoms with Gasteiger partial charge in [0.05, 0.1) is 12.7 Å². The number of aromatic carboxylic acids is 1. The standard InChI is InChI=1S/C14H16N2O5/c1-2-7-20-10-3-4-11(14(18)19)12(8-10)21-9-13(17)16-6-5-15/h3-4,8H,2,6-7,9H2,1H3,(H,16,17)(H,18,19). The highest BCUT2D eigenvalue weighted by Crippen LogP contribution is 2.25. The summed E-state index contributed by atoms with van der Waals surface area (Å²) >= 11 is 0. The van der Waals surface area contributed by atoms with Crippen LogP contribution in [0.25, 0.3) is 0 Å². The van der Waals surface area contributed by atoms with Crippen molar-refractivity contribution in [2.24, 2.45) is 0 Å². The predicted molar refractivity (Wildman–Crippen MR) is 73.3 cm³/mol. The first-order valence-electron chi connectivity index (χ1n) is 6.35. The van der Waals surface area contributed by atoms with Crippen LogP contribution in [-0.2, 0) is 4.79 Å². The molecule has 0 aliphatic heterocycles. The molecule has 1 amide bonds. The van der Waals surface area contributed by atoms with Crippen LogP contribution >= 0.6 is 0 Å². The summed E-state index contributed by atoms with van der Waals surface area (Å²) in [5, 5.41) is 19.7. The van der Waals surface area contributed by atoms with Crippen molar-refractivity contribution in [3.8, 4) is 17.6 Å². The minimum atomic E-state index is -1.16. The predicted octanol–water partition coefficient (Wildman–Crippen LogP) is 1.19. The summed E-state index contributed by atoms with van der Waals surface area (Å²) in [7, 11) is 0. The van der Waals surface area contributed by atoms with Crippen molar-refractivity contribution >= 4 is 11.9 Å². The van der Waals surface area contributed by atoms with E-state index in [4.69, 9.17) is 19.8 Å². The van der Waals surface area contributed by atoms with Crippen molar-refractivity contribution in [1.82, 2.24) is 5.32 Å². The van der Waals surface area contributed by atoms with Crippen molar-refractivity contribution in [3.63, 3.8) is 0 Å². The number of carbonyl (C=O) groups is 2. The van der Waals surface area contributed by atoms with Gasteiger partial charge in [-0.1, -0.05) is 6.92 Å². The van der Waals surface area contributed by atoms with Gasteiger partial charge in [-0.2, -0.15) is 5.26 Å². The maximum Gasteiger partial charge on any atom is 0.339 e. The van der Waals surface area contributed by atoms with Crippen LogP contribution in [0, 0.1) is 11.3 Å². The average molecular weight is 292 g/mol. The molecular formula is C14H16N2O5. The molecule has 0 atom stereocenters. The first kappa shape index (κ1) is 16.3. The van der Waals surface area contributed by atoms with E-state index in [0.29, 0.717) is 12.4 Å². The van der Waals surface area contributed by atoms with E-state index in [1.807, 2.05) is 6.92 Å². The molecule has 1 aromatic rings. The number of carboxylic acids is 1. The van der Waals surface area contributed by atoms with Gasteiger partial charge in [0.15, 0.2) is 6.61 Å². The van der Waals surface area contributed by atoms with Crippen LogP contribution < -0.4 is 14.8 Å². The van der Waals surface area contributed by atoms with Crippen LogP contribution in [0.1, 0.15) is 23.7 Å². The number of ether oxygens (including phenoxy) is 2. The van der Waals surface area contributed by atoms with Gasteiger partial charge in [-0.05, 0) is 18.6 Å². The molecule has 7 nitrogen and oxygen atoms in total. The van der Waals surface area contributed by atoms with Gasteiger partial charge in [0.25, 0.3) is 5.91 Å². The van der Waals surface area contributed by atoms with Crippen molar-refractivity contribution in [2.45, 2.75) is 13.3 Å². The molecule has 0 aromatic heterocycles. The van der Waals surface area contributed by atoms with Gasteiger partial charge in [-0.3, -0.25) is 4.79 Å². The van der Waals surface area contributed by atoms with Gasteiger partial charge in [0, 0.05) is 6.07 Å². The zero-order valence-corrected chi connectivity index (χ0v) is 11.6. The number of nitriles is 1. The van der Waals surface area contributed by atoms with Crippen molar-refractivity contribution in [2.75, 3.05) is 19.8 Å². The third kappa shape index (κ3) is 5.40. The van der Waals surface area contributed by atoms with Crippen LogP contribution in [-0.4, -0.2) is 36.7 Å². The second-order valence-electron chi connectivity index (χ2n) is 4.04. The lowest BCUT2D eigenvalue weighted by atomic mass is 10.2. The van der Waals surface area contributed by atoms with Crippen LogP contribution in [0.2, 0.25) is 0 Å². The fourth-order valence-electron chi connectivity index (χ4n) is 1.44. The summed E-state index contributed by atoms with van der Waals surface area (Å²) < 4.78 is 10.6. The maximum absolute atomic E-state index is 11.3. The summed E-state index contributed by atoms with van der Waals surface area (Å²) in [5.74, 6) is -1.16. The van der Waals surface area contributed by atoms with E-state index in [2.05, 4.69) is 5.32 Å². The first-order chi connectivity index (χ1) is 10.1. The quantitative estimate of drug-likeness (QED) is 0.697. The maximum atomic E-state index is 11.3. The lowest BCUT2D eigenvalue weighted by molar-refractivity contribution is -0.122. The second kappa shape index (κ2) is 8.43. The van der Waals surface area contributed by atoms with E-state index >= 15 is 0 Å². The van der Waals surface area contributed by atoms with Gasteiger partial charge < -0.3 is 19.9 Å². The molecule has 0 spiro atoms. The summed E-state index contributed by atoms with van der Waals surface area (Å²) in [6.07, 6.45) is 0.813. The number of carbonyl (C=O) groups excluding carboxylic acids is 1. The summed E-state index contributed by atoms with van der Waals surface area (Å²) in [6.45, 7) is 1.93. The fourth-order valence-corrected chi connectivity index (χ4v) is 1.44. The molecule has 21 heavy (non-hydrogen) atoms. The lowest BCUT2D eigenvalue weighted by Crippen LogP contribution is -2.29. The highest BCUT2D eigenvalue weighted by molar-refractivity contribution is 5.91. The topological polar surface area (TPSA) is 109 Å². The molecular weight excluding hydrogens is 276 g/mol. The Hall–Kier alpha value is -2.75. The molecule has 0 fully saturated rings. The normalized spacial score (nSPS) is 9.52. The Morgan fingerprint density at radius 3 is 2.76 bits per heavy atom. The molecule has 1 rings (SSSR count). The Morgan fingerprint density at radius 1 is 1.38 bits per heavy atom. The Balaban J connectivity index is 2.78. The lowest BCUT2D eigenvalue weighted by Gasteiger charge is -2.11. The molecule has 0 bridgehead atoms. The number of amides is 1. The van der Waals surface area contributed by atoms with Crippen LogP contribution in [0.4, 0.5) is 0 Å². The number of hydrogen-bond donors (Lipinski definition) is 2. The Kier molecular flexibility index (Phi) is 6.54. The largest absolute Gasteiger partial charge is 0.493 e. The van der Waals surface area contributed by atoms with E-state index in [1.165, 1.54) is 18.2 Å². The Bertz CT molecular complexity index is 551. The average Bonchev–Trinajstić information content (AvgIpc) is 2.48. The molecule has 0 aliphatic rings. The molecule has 0 saturated carbocycles. The SMILES string of the molecule is CCCOc1ccc(C(=O)O)c(OCC(=O)NCC#N)c1. The molecule has 1 aromatic carbocycles. The second-order valence-corrected chi connectivity index (χ2v) is 4.04. The third-order valence-electron chi connectivity index (χ3n) is 2.38. The molecule has 7 heteroatoms. The van der Waals surface area contributed by atoms with Gasteiger partial charge in [-0.25, -0.2) is 4.79 Å². The summed E-state index contributed by atoms with van der Waals surface area (Å²) in [5.41, 5.74) is -0.0630. The zero-order chi connectivity index (χ0) is 15.7. The highest BCUT2D eigenvalue weighted by atomic mass is 16.5. The number of hydrogen-bond acceptors (Lipinski definition) is 5. The molecule has 0 heterocycles. The number of rotatable bonds is 8. The number of nitrogens with zero attached hydrogens (tertiary/aromatic N) is 1. The fraction of sp³-hybridized carbons (Fsp3) is 0.357. The molecule has 2 N–H and O–H groups in total. The van der Waals surface area contributed by atoms with Crippen molar-refractivity contribution in [3.05, 3.63) is 23.8 Å². The summed E-state index contributed by atoms with van der Waals surface area (Å²) in [4.78, 5) is 22.4. The van der Waals surface area contributed by atoms with E-state index < -0.39 is 11.9 Å². The summed E-state index contributed by atoms with van der Waals surface area (Å²) in [6, 6.07) is 6.07. The van der Waals surface area contributed by atoms with E-state index in [9.17, 15) is 9.59 Å². The monoisotopic (exact) mass is 292 g/mol. The molecule has 0 radical (unpaired) electrons. The highest BCUT2D eigenvalue weighted by Gasteiger charge is 2.14. The van der Waals surface area contributed by atoms with E-state index in [-0.39, 0.29) is 24.5 Å². The van der Waals surface area contributed by atoms with Gasteiger partial charge >= 0.3 is 5.97 Å². The molecule has 0 unspecified atom stereocenters. The van der Waals surface area contributed by atoms with Gasteiger partial charge in [0.1, 0.15) is 23.6 Å². The van der Waals surface area contributed by atoms with E-state index in [0.717, 1.165) is 6.42 Å². The number of benzene rings is 1. The smallest absolute Gasteiger partial charge is 0.339 e. The Labute approximate surface area is 122 Å². The van der Waals surface area contributed by atoms with Gasteiger partial charge in [-0.15, -0.1) is 0 Å². The number of nitrogens with one attached hydrogen (secondary N) is 1. The molecule has 112 valence electrons. The van der Waals surface area contributed by atoms with Crippen LogP contribution in [0.15, 0.2) is 18.2 Å². The van der Waals surface area contributed by atoms with Crippen LogP contribution in [0.3, 0.4) is 0 Å². The molecule has 0 saturated heterocycles. The van der Waals surface area contributed by atoms with Crippen molar-refractivity contribution < 1.29 is 24.2 Å². The zero-order valence-electron chi connectivity index (χ0n) is 11.6. The molecule has 0 aliphatic carbocycles. The third-order valence-corrected chi connectivity index (χ3v) is 2.38. The van der Waals surface area contributed by atoms with E-state index in [1.54, 1.807) is 6.07 Å².